The molecule has 1 aliphatic heterocycles. The lowest BCUT2D eigenvalue weighted by Crippen LogP contribution is -2.44. The Morgan fingerprint density at radius 2 is 2.27 bits per heavy atom. The molecule has 2 nitrogen and oxygen atoms in total. The van der Waals surface area contributed by atoms with Crippen molar-refractivity contribution in [2.75, 3.05) is 0 Å². The summed E-state index contributed by atoms with van der Waals surface area (Å²) in [7, 11) is 0. The van der Waals surface area contributed by atoms with E-state index in [0.29, 0.717) is 23.7 Å². The smallest absolute Gasteiger partial charge is 0.306 e. The molecule has 2 heteroatoms. The highest BCUT2D eigenvalue weighted by Gasteiger charge is 2.43. The van der Waals surface area contributed by atoms with Crippen LogP contribution in [0.4, 0.5) is 0 Å². The molecule has 0 bridgehead atoms. The van der Waals surface area contributed by atoms with Gasteiger partial charge in [0.2, 0.25) is 0 Å². The second-order valence-electron chi connectivity index (χ2n) is 5.78. The zero-order valence-electron chi connectivity index (χ0n) is 10.1. The number of carbonyl (C=O) groups is 1. The van der Waals surface area contributed by atoms with Gasteiger partial charge in [-0.2, -0.15) is 0 Å². The number of hydrogen-bond donors (Lipinski definition) is 0. The summed E-state index contributed by atoms with van der Waals surface area (Å²) in [6, 6.07) is 0. The van der Waals surface area contributed by atoms with Crippen LogP contribution in [0, 0.1) is 17.3 Å². The van der Waals surface area contributed by atoms with E-state index in [9.17, 15) is 4.79 Å². The maximum absolute atomic E-state index is 11.4. The monoisotopic (exact) mass is 210 g/mol. The molecule has 0 aromatic carbocycles. The van der Waals surface area contributed by atoms with Crippen molar-refractivity contribution in [1.29, 1.82) is 0 Å². The van der Waals surface area contributed by atoms with E-state index in [1.54, 1.807) is 0 Å². The van der Waals surface area contributed by atoms with Crippen LogP contribution in [0.25, 0.3) is 0 Å². The number of ether oxygens (including phenoxy) is 1. The molecular weight excluding hydrogens is 188 g/mol. The molecule has 86 valence electrons. The topological polar surface area (TPSA) is 26.3 Å². The van der Waals surface area contributed by atoms with Crippen LogP contribution in [0.1, 0.15) is 52.9 Å². The molecular formula is C13H22O2. The Morgan fingerprint density at radius 1 is 1.53 bits per heavy atom. The molecule has 2 aliphatic rings. The van der Waals surface area contributed by atoms with E-state index in [4.69, 9.17) is 4.74 Å². The maximum atomic E-state index is 11.4. The molecule has 1 heterocycles. The summed E-state index contributed by atoms with van der Waals surface area (Å²) in [5.41, 5.74) is 0.401. The van der Waals surface area contributed by atoms with Crippen molar-refractivity contribution in [3.8, 4) is 0 Å². The van der Waals surface area contributed by atoms with Crippen molar-refractivity contribution in [3.63, 3.8) is 0 Å². The van der Waals surface area contributed by atoms with Gasteiger partial charge in [0.15, 0.2) is 0 Å². The van der Waals surface area contributed by atoms with Crippen LogP contribution in [0.2, 0.25) is 0 Å². The maximum Gasteiger partial charge on any atom is 0.306 e. The molecule has 0 aromatic rings. The van der Waals surface area contributed by atoms with E-state index >= 15 is 0 Å². The van der Waals surface area contributed by atoms with Crippen LogP contribution in [0.5, 0.6) is 0 Å². The van der Waals surface area contributed by atoms with Gasteiger partial charge < -0.3 is 4.74 Å². The number of carbonyl (C=O) groups excluding carboxylic acids is 1. The highest BCUT2D eigenvalue weighted by molar-refractivity contribution is 5.70. The van der Waals surface area contributed by atoms with Crippen molar-refractivity contribution in [3.05, 3.63) is 0 Å². The van der Waals surface area contributed by atoms with Crippen LogP contribution < -0.4 is 0 Å². The van der Waals surface area contributed by atoms with E-state index in [-0.39, 0.29) is 12.1 Å². The fourth-order valence-corrected chi connectivity index (χ4v) is 3.17. The molecule has 0 radical (unpaired) electrons. The Labute approximate surface area is 92.4 Å². The van der Waals surface area contributed by atoms with Gasteiger partial charge in [-0.25, -0.2) is 0 Å². The lowest BCUT2D eigenvalue weighted by Gasteiger charge is -2.46. The van der Waals surface area contributed by atoms with Crippen molar-refractivity contribution in [1.82, 2.24) is 0 Å². The Hall–Kier alpha value is -0.530. The van der Waals surface area contributed by atoms with Gasteiger partial charge in [0.05, 0.1) is 0 Å². The molecule has 2 fully saturated rings. The first-order valence-corrected chi connectivity index (χ1v) is 6.23. The van der Waals surface area contributed by atoms with Crippen LogP contribution >= 0.6 is 0 Å². The predicted octanol–water partition coefficient (Wildman–Crippen LogP) is 3.15. The van der Waals surface area contributed by atoms with Crippen LogP contribution in [-0.2, 0) is 9.53 Å². The van der Waals surface area contributed by atoms with Gasteiger partial charge in [-0.05, 0) is 36.5 Å². The van der Waals surface area contributed by atoms with E-state index in [1.165, 1.54) is 19.3 Å². The minimum Gasteiger partial charge on any atom is -0.462 e. The van der Waals surface area contributed by atoms with Gasteiger partial charge in [0.1, 0.15) is 6.10 Å². The number of rotatable bonds is 1. The van der Waals surface area contributed by atoms with Gasteiger partial charge in [0.25, 0.3) is 0 Å². The van der Waals surface area contributed by atoms with E-state index < -0.39 is 0 Å². The largest absolute Gasteiger partial charge is 0.462 e. The molecule has 15 heavy (non-hydrogen) atoms. The summed E-state index contributed by atoms with van der Waals surface area (Å²) in [6.45, 7) is 6.78. The molecule has 2 rings (SSSR count). The zero-order valence-corrected chi connectivity index (χ0v) is 10.1. The second kappa shape index (κ2) is 3.80. The van der Waals surface area contributed by atoms with Gasteiger partial charge in [-0.1, -0.05) is 27.2 Å². The summed E-state index contributed by atoms with van der Waals surface area (Å²) in [4.78, 5) is 11.4. The highest BCUT2D eigenvalue weighted by Crippen LogP contribution is 2.46. The van der Waals surface area contributed by atoms with Gasteiger partial charge in [-0.15, -0.1) is 0 Å². The molecule has 1 saturated heterocycles. The first kappa shape index (κ1) is 11.0. The van der Waals surface area contributed by atoms with Gasteiger partial charge in [-0.3, -0.25) is 4.79 Å². The third-order valence-electron chi connectivity index (χ3n) is 4.61. The molecule has 1 saturated carbocycles. The second-order valence-corrected chi connectivity index (χ2v) is 5.78. The minimum atomic E-state index is 0.0177. The van der Waals surface area contributed by atoms with E-state index in [0.717, 1.165) is 6.42 Å². The number of hydrogen-bond acceptors (Lipinski definition) is 2. The van der Waals surface area contributed by atoms with Gasteiger partial charge in [0, 0.05) is 6.42 Å². The quantitative estimate of drug-likeness (QED) is 0.621. The summed E-state index contributed by atoms with van der Waals surface area (Å²) in [5, 5.41) is 0. The predicted molar refractivity (Wildman–Crippen MR) is 59.4 cm³/mol. The molecule has 4 unspecified atom stereocenters. The molecule has 0 N–H and O–H groups in total. The molecule has 0 aromatic heterocycles. The minimum absolute atomic E-state index is 0.0177. The fourth-order valence-electron chi connectivity index (χ4n) is 3.17. The summed E-state index contributed by atoms with van der Waals surface area (Å²) < 4.78 is 5.52. The SMILES string of the molecule is CCC1(C)CCC2C(C)CC(=O)OC2C1. The van der Waals surface area contributed by atoms with Crippen LogP contribution in [0.15, 0.2) is 0 Å². The molecule has 0 amide bonds. The van der Waals surface area contributed by atoms with Crippen molar-refractivity contribution >= 4 is 5.97 Å². The number of fused-ring (bicyclic) bond motifs is 1. The molecule has 1 aliphatic carbocycles. The van der Waals surface area contributed by atoms with Crippen molar-refractivity contribution in [2.24, 2.45) is 17.3 Å². The first-order chi connectivity index (χ1) is 7.04. The average Bonchev–Trinajstić information content (AvgIpc) is 2.16. The normalized spacial score (nSPS) is 45.8. The van der Waals surface area contributed by atoms with E-state index in [1.807, 2.05) is 0 Å². The molecule has 0 spiro atoms. The molecule has 4 atom stereocenters. The Bertz CT molecular complexity index is 261. The lowest BCUT2D eigenvalue weighted by molar-refractivity contribution is -0.170. The first-order valence-electron chi connectivity index (χ1n) is 6.23. The lowest BCUT2D eigenvalue weighted by atomic mass is 9.65. The van der Waals surface area contributed by atoms with Crippen LogP contribution in [0.3, 0.4) is 0 Å². The Balaban J connectivity index is 2.09. The zero-order chi connectivity index (χ0) is 11.1. The Morgan fingerprint density at radius 3 is 2.93 bits per heavy atom. The summed E-state index contributed by atoms with van der Waals surface area (Å²) >= 11 is 0. The average molecular weight is 210 g/mol. The summed E-state index contributed by atoms with van der Waals surface area (Å²) in [5.74, 6) is 1.17. The third-order valence-corrected chi connectivity index (χ3v) is 4.61. The van der Waals surface area contributed by atoms with Crippen molar-refractivity contribution in [2.45, 2.75) is 59.0 Å². The fraction of sp³-hybridized carbons (Fsp3) is 0.923. The standard InChI is InChI=1S/C13H22O2/c1-4-13(3)6-5-10-9(2)7-12(14)15-11(10)8-13/h9-11H,4-8H2,1-3H3. The van der Waals surface area contributed by atoms with E-state index in [2.05, 4.69) is 20.8 Å². The number of esters is 1. The van der Waals surface area contributed by atoms with Gasteiger partial charge >= 0.3 is 5.97 Å². The highest BCUT2D eigenvalue weighted by atomic mass is 16.5. The third kappa shape index (κ3) is 2.04. The van der Waals surface area contributed by atoms with Crippen LogP contribution in [-0.4, -0.2) is 12.1 Å². The Kier molecular flexibility index (Phi) is 2.78. The van der Waals surface area contributed by atoms with Crippen molar-refractivity contribution < 1.29 is 9.53 Å². The summed E-state index contributed by atoms with van der Waals surface area (Å²) in [6.07, 6.45) is 5.65.